The number of aliphatic hydroxyl groups is 1. The molecule has 0 radical (unpaired) electrons. The van der Waals surface area contributed by atoms with E-state index in [1.165, 1.54) is 0 Å². The van der Waals surface area contributed by atoms with E-state index in [0.717, 1.165) is 15.7 Å². The lowest BCUT2D eigenvalue weighted by atomic mass is 9.87. The Bertz CT molecular complexity index is 554. The summed E-state index contributed by atoms with van der Waals surface area (Å²) in [6.45, 7) is 8.04. The van der Waals surface area contributed by atoms with Crippen LogP contribution in [-0.4, -0.2) is 14.5 Å². The third-order valence-electron chi connectivity index (χ3n) is 2.76. The Labute approximate surface area is 110 Å². The molecule has 17 heavy (non-hydrogen) atoms. The first-order valence-corrected chi connectivity index (χ1v) is 6.41. The minimum atomic E-state index is -0.561. The van der Waals surface area contributed by atoms with E-state index in [1.54, 1.807) is 0 Å². The van der Waals surface area contributed by atoms with E-state index in [-0.39, 0.29) is 5.41 Å². The van der Waals surface area contributed by atoms with E-state index in [0.29, 0.717) is 5.69 Å². The van der Waals surface area contributed by atoms with Crippen LogP contribution in [-0.2, 0) is 0 Å². The molecule has 0 spiro atoms. The van der Waals surface area contributed by atoms with Crippen molar-refractivity contribution in [3.63, 3.8) is 0 Å². The molecule has 0 saturated carbocycles. The highest BCUT2D eigenvalue weighted by atomic mass is 79.9. The predicted octanol–water partition coefficient (Wildman–Crippen LogP) is 3.48. The number of nitrogens with zero attached hydrogens (tertiary/aromatic N) is 2. The van der Waals surface area contributed by atoms with Gasteiger partial charge >= 0.3 is 0 Å². The van der Waals surface area contributed by atoms with E-state index in [1.807, 2.05) is 50.6 Å². The predicted molar refractivity (Wildman–Crippen MR) is 72.0 cm³/mol. The zero-order valence-electron chi connectivity index (χ0n) is 10.5. The zero-order valence-corrected chi connectivity index (χ0v) is 12.1. The SMILES string of the molecule is Cc1cc(Br)c2nc(C(O)C(C)(C)C)cn2c1. The van der Waals surface area contributed by atoms with Gasteiger partial charge in [-0.15, -0.1) is 0 Å². The van der Waals surface area contributed by atoms with Crippen molar-refractivity contribution in [1.82, 2.24) is 9.38 Å². The molecule has 1 atom stereocenters. The summed E-state index contributed by atoms with van der Waals surface area (Å²) < 4.78 is 2.90. The van der Waals surface area contributed by atoms with Crippen molar-refractivity contribution < 1.29 is 5.11 Å². The topological polar surface area (TPSA) is 37.5 Å². The standard InChI is InChI=1S/C13H17BrN2O/c1-8-5-9(14)12-15-10(7-16(12)6-8)11(17)13(2,3)4/h5-7,11,17H,1-4H3. The molecule has 3 nitrogen and oxygen atoms in total. The minimum Gasteiger partial charge on any atom is -0.386 e. The first kappa shape index (κ1) is 12.6. The number of hydrogen-bond donors (Lipinski definition) is 1. The second-order valence-electron chi connectivity index (χ2n) is 5.53. The molecule has 1 unspecified atom stereocenters. The van der Waals surface area contributed by atoms with Crippen molar-refractivity contribution in [2.24, 2.45) is 5.41 Å². The van der Waals surface area contributed by atoms with E-state index < -0.39 is 6.10 Å². The molecule has 0 saturated heterocycles. The number of fused-ring (bicyclic) bond motifs is 1. The smallest absolute Gasteiger partial charge is 0.151 e. The van der Waals surface area contributed by atoms with Gasteiger partial charge in [0.05, 0.1) is 10.2 Å². The molecular formula is C13H17BrN2O. The van der Waals surface area contributed by atoms with E-state index in [4.69, 9.17) is 0 Å². The quantitative estimate of drug-likeness (QED) is 0.875. The van der Waals surface area contributed by atoms with Crippen LogP contribution in [0.25, 0.3) is 5.65 Å². The van der Waals surface area contributed by atoms with Crippen LogP contribution in [0.2, 0.25) is 0 Å². The second kappa shape index (κ2) is 4.10. The van der Waals surface area contributed by atoms with Gasteiger partial charge in [0, 0.05) is 12.4 Å². The number of imidazole rings is 1. The van der Waals surface area contributed by atoms with Gasteiger partial charge in [0.1, 0.15) is 6.10 Å². The fraction of sp³-hybridized carbons (Fsp3) is 0.462. The van der Waals surface area contributed by atoms with Gasteiger partial charge in [0.25, 0.3) is 0 Å². The number of pyridine rings is 1. The molecule has 0 aliphatic heterocycles. The maximum atomic E-state index is 10.2. The van der Waals surface area contributed by atoms with Crippen molar-refractivity contribution in [2.75, 3.05) is 0 Å². The summed E-state index contributed by atoms with van der Waals surface area (Å²) in [5.41, 5.74) is 2.50. The average molecular weight is 297 g/mol. The molecule has 2 aromatic heterocycles. The number of rotatable bonds is 1. The van der Waals surface area contributed by atoms with Gasteiger partial charge in [0.2, 0.25) is 0 Å². The van der Waals surface area contributed by atoms with Crippen LogP contribution in [0.4, 0.5) is 0 Å². The molecule has 0 bridgehead atoms. The largest absolute Gasteiger partial charge is 0.386 e. The van der Waals surface area contributed by atoms with Crippen molar-refractivity contribution >= 4 is 21.6 Å². The van der Waals surface area contributed by atoms with Crippen LogP contribution in [0.15, 0.2) is 22.9 Å². The van der Waals surface area contributed by atoms with Crippen LogP contribution in [0, 0.1) is 12.3 Å². The van der Waals surface area contributed by atoms with Crippen LogP contribution >= 0.6 is 15.9 Å². The minimum absolute atomic E-state index is 0.209. The van der Waals surface area contributed by atoms with Crippen LogP contribution in [0.1, 0.15) is 38.1 Å². The van der Waals surface area contributed by atoms with Gasteiger partial charge in [-0.1, -0.05) is 20.8 Å². The Morgan fingerprint density at radius 2 is 2.00 bits per heavy atom. The summed E-state index contributed by atoms with van der Waals surface area (Å²) in [6, 6.07) is 2.02. The zero-order chi connectivity index (χ0) is 12.8. The molecule has 2 rings (SSSR count). The van der Waals surface area contributed by atoms with Crippen LogP contribution in [0.5, 0.6) is 0 Å². The van der Waals surface area contributed by atoms with Crippen molar-refractivity contribution in [2.45, 2.75) is 33.8 Å². The lowest BCUT2D eigenvalue weighted by molar-refractivity contribution is 0.0594. The molecule has 92 valence electrons. The van der Waals surface area contributed by atoms with Gasteiger partial charge in [0.15, 0.2) is 5.65 Å². The molecule has 0 aromatic carbocycles. The molecule has 0 aliphatic carbocycles. The molecular weight excluding hydrogens is 280 g/mol. The maximum absolute atomic E-state index is 10.2. The number of aliphatic hydroxyl groups excluding tert-OH is 1. The van der Waals surface area contributed by atoms with Gasteiger partial charge in [-0.05, 0) is 39.9 Å². The van der Waals surface area contributed by atoms with Gasteiger partial charge in [-0.2, -0.15) is 0 Å². The van der Waals surface area contributed by atoms with Crippen molar-refractivity contribution in [3.8, 4) is 0 Å². The summed E-state index contributed by atoms with van der Waals surface area (Å²) in [6.07, 6.45) is 3.34. The maximum Gasteiger partial charge on any atom is 0.151 e. The van der Waals surface area contributed by atoms with E-state index in [2.05, 4.69) is 20.9 Å². The summed E-state index contributed by atoms with van der Waals surface area (Å²) in [7, 11) is 0. The Balaban J connectivity index is 2.56. The summed E-state index contributed by atoms with van der Waals surface area (Å²) >= 11 is 3.50. The average Bonchev–Trinajstić information content (AvgIpc) is 2.58. The molecule has 4 heteroatoms. The normalized spacial score (nSPS) is 14.2. The van der Waals surface area contributed by atoms with Gasteiger partial charge in [-0.25, -0.2) is 4.98 Å². The van der Waals surface area contributed by atoms with E-state index >= 15 is 0 Å². The number of halogens is 1. The monoisotopic (exact) mass is 296 g/mol. The van der Waals surface area contributed by atoms with Gasteiger partial charge in [-0.3, -0.25) is 0 Å². The highest BCUT2D eigenvalue weighted by molar-refractivity contribution is 9.10. The number of hydrogen-bond acceptors (Lipinski definition) is 2. The molecule has 0 fully saturated rings. The number of aromatic nitrogens is 2. The van der Waals surface area contributed by atoms with Crippen LogP contribution in [0.3, 0.4) is 0 Å². The summed E-state index contributed by atoms with van der Waals surface area (Å²) in [4.78, 5) is 4.49. The fourth-order valence-corrected chi connectivity index (χ4v) is 2.44. The van der Waals surface area contributed by atoms with Crippen molar-refractivity contribution in [1.29, 1.82) is 0 Å². The van der Waals surface area contributed by atoms with E-state index in [9.17, 15) is 5.11 Å². The molecule has 1 N–H and O–H groups in total. The number of aryl methyl sites for hydroxylation is 1. The second-order valence-corrected chi connectivity index (χ2v) is 6.38. The lowest BCUT2D eigenvalue weighted by Gasteiger charge is -2.23. The first-order valence-electron chi connectivity index (χ1n) is 5.62. The molecule has 2 aromatic rings. The Morgan fingerprint density at radius 1 is 1.35 bits per heavy atom. The highest BCUT2D eigenvalue weighted by Crippen LogP contribution is 2.32. The Kier molecular flexibility index (Phi) is 3.04. The summed E-state index contributed by atoms with van der Waals surface area (Å²) in [5.74, 6) is 0. The molecule has 0 amide bonds. The third-order valence-corrected chi connectivity index (χ3v) is 3.35. The lowest BCUT2D eigenvalue weighted by Crippen LogP contribution is -2.18. The third kappa shape index (κ3) is 2.38. The van der Waals surface area contributed by atoms with Crippen LogP contribution < -0.4 is 0 Å². The van der Waals surface area contributed by atoms with Gasteiger partial charge < -0.3 is 9.51 Å². The van der Waals surface area contributed by atoms with Crippen molar-refractivity contribution in [3.05, 3.63) is 34.2 Å². The Hall–Kier alpha value is -0.870. The Morgan fingerprint density at radius 3 is 2.59 bits per heavy atom. The molecule has 0 aliphatic rings. The highest BCUT2D eigenvalue weighted by Gasteiger charge is 2.26. The fourth-order valence-electron chi connectivity index (χ4n) is 1.78. The molecule has 2 heterocycles. The first-order chi connectivity index (χ1) is 7.79. The summed E-state index contributed by atoms with van der Waals surface area (Å²) in [5, 5.41) is 10.2.